The SMILES string of the molecule is CNc1ccc([N+](=O)[O-])c(NCC(=O)N2CCCCC2)n1. The second-order valence-electron chi connectivity index (χ2n) is 4.87. The van der Waals surface area contributed by atoms with Gasteiger partial charge in [-0.25, -0.2) is 4.98 Å². The first-order valence-corrected chi connectivity index (χ1v) is 6.96. The summed E-state index contributed by atoms with van der Waals surface area (Å²) in [5.74, 6) is 0.561. The topological polar surface area (TPSA) is 100 Å². The van der Waals surface area contributed by atoms with Crippen LogP contribution in [0.3, 0.4) is 0 Å². The Balaban J connectivity index is 2.04. The van der Waals surface area contributed by atoms with Crippen LogP contribution in [-0.2, 0) is 4.79 Å². The van der Waals surface area contributed by atoms with E-state index in [2.05, 4.69) is 15.6 Å². The Morgan fingerprint density at radius 3 is 2.71 bits per heavy atom. The van der Waals surface area contributed by atoms with Gasteiger partial charge in [-0.15, -0.1) is 0 Å². The fourth-order valence-corrected chi connectivity index (χ4v) is 2.28. The normalized spacial score (nSPS) is 14.6. The zero-order chi connectivity index (χ0) is 15.2. The summed E-state index contributed by atoms with van der Waals surface area (Å²) in [6.45, 7) is 1.53. The quantitative estimate of drug-likeness (QED) is 0.629. The van der Waals surface area contributed by atoms with Crippen LogP contribution in [-0.4, -0.2) is 47.4 Å². The predicted octanol–water partition coefficient (Wildman–Crippen LogP) is 1.46. The van der Waals surface area contributed by atoms with Crippen LogP contribution in [0.2, 0.25) is 0 Å². The average Bonchev–Trinajstić information content (AvgIpc) is 2.52. The summed E-state index contributed by atoms with van der Waals surface area (Å²) in [4.78, 5) is 28.4. The van der Waals surface area contributed by atoms with E-state index in [1.54, 1.807) is 11.9 Å². The van der Waals surface area contributed by atoms with Gasteiger partial charge in [-0.2, -0.15) is 0 Å². The number of nitrogens with zero attached hydrogens (tertiary/aromatic N) is 3. The van der Waals surface area contributed by atoms with Gasteiger partial charge in [0, 0.05) is 26.2 Å². The Morgan fingerprint density at radius 1 is 1.38 bits per heavy atom. The lowest BCUT2D eigenvalue weighted by molar-refractivity contribution is -0.384. The molecule has 0 atom stereocenters. The summed E-state index contributed by atoms with van der Waals surface area (Å²) in [6.07, 6.45) is 3.17. The average molecular weight is 293 g/mol. The van der Waals surface area contributed by atoms with Crippen LogP contribution < -0.4 is 10.6 Å². The summed E-state index contributed by atoms with van der Waals surface area (Å²) in [5, 5.41) is 16.6. The number of amides is 1. The first-order valence-electron chi connectivity index (χ1n) is 6.96. The minimum Gasteiger partial charge on any atom is -0.373 e. The first kappa shape index (κ1) is 15.0. The Labute approximate surface area is 122 Å². The molecule has 2 rings (SSSR count). The maximum atomic E-state index is 12.1. The van der Waals surface area contributed by atoms with Gasteiger partial charge in [-0.3, -0.25) is 14.9 Å². The molecule has 0 aliphatic carbocycles. The van der Waals surface area contributed by atoms with Crippen molar-refractivity contribution in [3.8, 4) is 0 Å². The zero-order valence-electron chi connectivity index (χ0n) is 12.0. The van der Waals surface area contributed by atoms with Crippen LogP contribution in [0, 0.1) is 10.1 Å². The van der Waals surface area contributed by atoms with Gasteiger partial charge in [0.05, 0.1) is 11.5 Å². The number of carbonyl (C=O) groups is 1. The van der Waals surface area contributed by atoms with Crippen molar-refractivity contribution in [3.05, 3.63) is 22.2 Å². The number of carbonyl (C=O) groups excluding carboxylic acids is 1. The van der Waals surface area contributed by atoms with Crippen LogP contribution in [0.5, 0.6) is 0 Å². The van der Waals surface area contributed by atoms with Gasteiger partial charge in [-0.1, -0.05) is 0 Å². The van der Waals surface area contributed by atoms with E-state index in [0.29, 0.717) is 5.82 Å². The second-order valence-corrected chi connectivity index (χ2v) is 4.87. The summed E-state index contributed by atoms with van der Waals surface area (Å²) in [6, 6.07) is 2.89. The summed E-state index contributed by atoms with van der Waals surface area (Å²) in [7, 11) is 1.68. The molecule has 114 valence electrons. The molecule has 1 saturated heterocycles. The molecule has 8 nitrogen and oxygen atoms in total. The molecule has 1 aromatic heterocycles. The van der Waals surface area contributed by atoms with Crippen molar-refractivity contribution in [2.45, 2.75) is 19.3 Å². The molecule has 0 bridgehead atoms. The second kappa shape index (κ2) is 6.87. The van der Waals surface area contributed by atoms with Crippen molar-refractivity contribution in [1.29, 1.82) is 0 Å². The molecule has 1 aliphatic heterocycles. The van der Waals surface area contributed by atoms with Crippen LogP contribution in [0.4, 0.5) is 17.3 Å². The highest BCUT2D eigenvalue weighted by Crippen LogP contribution is 2.23. The standard InChI is InChI=1S/C13H19N5O3/c1-14-11-6-5-10(18(20)21)13(16-11)15-9-12(19)17-7-3-2-4-8-17/h5-6H,2-4,7-9H2,1H3,(H2,14,15,16). The molecule has 0 saturated carbocycles. The number of rotatable bonds is 5. The van der Waals surface area contributed by atoms with Crippen molar-refractivity contribution >= 4 is 23.2 Å². The molecule has 21 heavy (non-hydrogen) atoms. The lowest BCUT2D eigenvalue weighted by Gasteiger charge is -2.26. The van der Waals surface area contributed by atoms with Gasteiger partial charge < -0.3 is 15.5 Å². The highest BCUT2D eigenvalue weighted by atomic mass is 16.6. The molecular formula is C13H19N5O3. The van der Waals surface area contributed by atoms with E-state index in [4.69, 9.17) is 0 Å². The maximum absolute atomic E-state index is 12.1. The van der Waals surface area contributed by atoms with Crippen molar-refractivity contribution < 1.29 is 9.72 Å². The summed E-state index contributed by atoms with van der Waals surface area (Å²) < 4.78 is 0. The number of nitrogens with one attached hydrogen (secondary N) is 2. The maximum Gasteiger partial charge on any atom is 0.311 e. The number of likely N-dealkylation sites (tertiary alicyclic amines) is 1. The zero-order valence-corrected chi connectivity index (χ0v) is 12.0. The van der Waals surface area contributed by atoms with Crippen molar-refractivity contribution in [2.75, 3.05) is 37.3 Å². The number of pyridine rings is 1. The van der Waals surface area contributed by atoms with Gasteiger partial charge >= 0.3 is 5.69 Å². The van der Waals surface area contributed by atoms with Crippen LogP contribution in [0.15, 0.2) is 12.1 Å². The van der Waals surface area contributed by atoms with E-state index >= 15 is 0 Å². The molecule has 1 fully saturated rings. The molecular weight excluding hydrogens is 274 g/mol. The molecule has 1 amide bonds. The number of anilines is 2. The fraction of sp³-hybridized carbons (Fsp3) is 0.538. The molecule has 0 unspecified atom stereocenters. The Kier molecular flexibility index (Phi) is 4.91. The molecule has 2 heterocycles. The van der Waals surface area contributed by atoms with Gasteiger partial charge in [0.2, 0.25) is 11.7 Å². The molecule has 0 spiro atoms. The molecule has 0 radical (unpaired) electrons. The van der Waals surface area contributed by atoms with Crippen LogP contribution in [0.1, 0.15) is 19.3 Å². The van der Waals surface area contributed by atoms with Crippen LogP contribution >= 0.6 is 0 Å². The first-order chi connectivity index (χ1) is 10.1. The van der Waals surface area contributed by atoms with Gasteiger partial charge in [-0.05, 0) is 25.3 Å². The number of nitro groups is 1. The van der Waals surface area contributed by atoms with E-state index in [0.717, 1.165) is 32.4 Å². The predicted molar refractivity (Wildman–Crippen MR) is 79.4 cm³/mol. The van der Waals surface area contributed by atoms with Crippen molar-refractivity contribution in [3.63, 3.8) is 0 Å². The lowest BCUT2D eigenvalue weighted by Crippen LogP contribution is -2.39. The molecule has 2 N–H and O–H groups in total. The Hall–Kier alpha value is -2.38. The van der Waals surface area contributed by atoms with E-state index in [1.165, 1.54) is 12.1 Å². The highest BCUT2D eigenvalue weighted by molar-refractivity contribution is 5.81. The van der Waals surface area contributed by atoms with Gasteiger partial charge in [0.25, 0.3) is 0 Å². The van der Waals surface area contributed by atoms with Gasteiger partial charge in [0.15, 0.2) is 0 Å². The van der Waals surface area contributed by atoms with Crippen molar-refractivity contribution in [1.82, 2.24) is 9.88 Å². The largest absolute Gasteiger partial charge is 0.373 e. The Morgan fingerprint density at radius 2 is 2.10 bits per heavy atom. The monoisotopic (exact) mass is 293 g/mol. The number of aromatic nitrogens is 1. The highest BCUT2D eigenvalue weighted by Gasteiger charge is 2.19. The number of hydrogen-bond acceptors (Lipinski definition) is 6. The van der Waals surface area contributed by atoms with E-state index in [-0.39, 0.29) is 24.0 Å². The third-order valence-electron chi connectivity index (χ3n) is 3.44. The van der Waals surface area contributed by atoms with E-state index in [9.17, 15) is 14.9 Å². The number of hydrogen-bond donors (Lipinski definition) is 2. The van der Waals surface area contributed by atoms with Crippen molar-refractivity contribution in [2.24, 2.45) is 0 Å². The van der Waals surface area contributed by atoms with E-state index < -0.39 is 4.92 Å². The lowest BCUT2D eigenvalue weighted by atomic mass is 10.1. The van der Waals surface area contributed by atoms with E-state index in [1.807, 2.05) is 0 Å². The molecule has 8 heteroatoms. The van der Waals surface area contributed by atoms with Crippen LogP contribution in [0.25, 0.3) is 0 Å². The van der Waals surface area contributed by atoms with Gasteiger partial charge in [0.1, 0.15) is 5.82 Å². The molecule has 1 aromatic rings. The minimum atomic E-state index is -0.514. The third-order valence-corrected chi connectivity index (χ3v) is 3.44. The summed E-state index contributed by atoms with van der Waals surface area (Å²) >= 11 is 0. The minimum absolute atomic E-state index is 0.0149. The smallest absolute Gasteiger partial charge is 0.311 e. The Bertz CT molecular complexity index is 529. The third kappa shape index (κ3) is 3.80. The molecule has 1 aliphatic rings. The number of piperidine rings is 1. The summed E-state index contributed by atoms with van der Waals surface area (Å²) in [5.41, 5.74) is -0.138. The molecule has 0 aromatic carbocycles. The fourth-order valence-electron chi connectivity index (χ4n) is 2.28.